The molecule has 4 N–H and O–H groups in total. The quantitative estimate of drug-likeness (QED) is 0.582. The number of carboxylic acid groups (broad SMARTS) is 1. The number of carboxylic acids is 1. The van der Waals surface area contributed by atoms with E-state index in [2.05, 4.69) is 19.2 Å². The lowest BCUT2D eigenvalue weighted by atomic mass is 9.90. The molecule has 106 valence electrons. The Labute approximate surface area is 109 Å². The van der Waals surface area contributed by atoms with Gasteiger partial charge < -0.3 is 16.2 Å². The summed E-state index contributed by atoms with van der Waals surface area (Å²) in [7, 11) is 0. The number of hydrogen-bond donors (Lipinski definition) is 3. The molecule has 5 heteroatoms. The van der Waals surface area contributed by atoms with Gasteiger partial charge in [0.15, 0.2) is 0 Å². The largest absolute Gasteiger partial charge is 0.481 e. The van der Waals surface area contributed by atoms with Gasteiger partial charge in [-0.2, -0.15) is 0 Å². The lowest BCUT2D eigenvalue weighted by Crippen LogP contribution is -2.41. The van der Waals surface area contributed by atoms with E-state index in [4.69, 9.17) is 10.8 Å². The van der Waals surface area contributed by atoms with E-state index in [0.717, 1.165) is 19.3 Å². The van der Waals surface area contributed by atoms with E-state index >= 15 is 0 Å². The number of nitrogens with one attached hydrogen (secondary N) is 1. The third-order valence-corrected chi connectivity index (χ3v) is 2.96. The van der Waals surface area contributed by atoms with E-state index in [1.54, 1.807) is 6.92 Å². The van der Waals surface area contributed by atoms with Gasteiger partial charge in [0.1, 0.15) is 0 Å². The predicted molar refractivity (Wildman–Crippen MR) is 71.1 cm³/mol. The smallest absolute Gasteiger partial charge is 0.303 e. The predicted octanol–water partition coefficient (Wildman–Crippen LogP) is 1.37. The normalized spacial score (nSPS) is 15.8. The van der Waals surface area contributed by atoms with Crippen LogP contribution in [0.1, 0.15) is 46.5 Å². The molecule has 0 saturated heterocycles. The van der Waals surface area contributed by atoms with E-state index in [0.29, 0.717) is 12.5 Å². The van der Waals surface area contributed by atoms with Crippen molar-refractivity contribution in [2.75, 3.05) is 6.54 Å². The summed E-state index contributed by atoms with van der Waals surface area (Å²) >= 11 is 0. The van der Waals surface area contributed by atoms with Crippen LogP contribution in [0.4, 0.5) is 0 Å². The van der Waals surface area contributed by atoms with Crippen LogP contribution in [-0.2, 0) is 9.59 Å². The number of carbonyl (C=O) groups is 2. The molecule has 0 bridgehead atoms. The zero-order valence-corrected chi connectivity index (χ0v) is 11.6. The molecule has 0 radical (unpaired) electrons. The third kappa shape index (κ3) is 8.06. The van der Waals surface area contributed by atoms with Crippen molar-refractivity contribution in [2.45, 2.75) is 52.5 Å². The molecule has 0 fully saturated rings. The maximum absolute atomic E-state index is 11.4. The van der Waals surface area contributed by atoms with Crippen molar-refractivity contribution in [1.82, 2.24) is 5.32 Å². The van der Waals surface area contributed by atoms with Crippen molar-refractivity contribution in [2.24, 2.45) is 17.6 Å². The Morgan fingerprint density at radius 2 is 1.94 bits per heavy atom. The highest BCUT2D eigenvalue weighted by Gasteiger charge is 2.18. The zero-order chi connectivity index (χ0) is 14.1. The zero-order valence-electron chi connectivity index (χ0n) is 11.6. The van der Waals surface area contributed by atoms with Gasteiger partial charge in [-0.1, -0.05) is 26.7 Å². The molecule has 0 spiro atoms. The minimum absolute atomic E-state index is 0.0215. The van der Waals surface area contributed by atoms with Crippen LogP contribution in [0.2, 0.25) is 0 Å². The molecular formula is C13H26N2O3. The van der Waals surface area contributed by atoms with Crippen LogP contribution >= 0.6 is 0 Å². The van der Waals surface area contributed by atoms with Gasteiger partial charge in [-0.25, -0.2) is 0 Å². The monoisotopic (exact) mass is 258 g/mol. The molecule has 18 heavy (non-hydrogen) atoms. The Hall–Kier alpha value is -1.10. The first-order valence-electron chi connectivity index (χ1n) is 6.61. The van der Waals surface area contributed by atoms with Crippen molar-refractivity contribution in [3.05, 3.63) is 0 Å². The lowest BCUT2D eigenvalue weighted by Gasteiger charge is -2.20. The van der Waals surface area contributed by atoms with Crippen LogP contribution < -0.4 is 11.1 Å². The molecule has 0 aliphatic heterocycles. The molecule has 1 amide bonds. The van der Waals surface area contributed by atoms with E-state index in [1.807, 2.05) is 0 Å². The standard InChI is InChI=1S/C13H26N2O3/c1-4-5-9(2)6-11(7-12(16)17)8-15-13(18)10(3)14/h9-11H,4-8,14H2,1-3H3,(H,15,18)(H,16,17)/t9?,10-,11?/m0/s1. The second-order valence-corrected chi connectivity index (χ2v) is 5.13. The van der Waals surface area contributed by atoms with Gasteiger partial charge in [0.2, 0.25) is 5.91 Å². The fraction of sp³-hybridized carbons (Fsp3) is 0.846. The number of aliphatic carboxylic acids is 1. The van der Waals surface area contributed by atoms with Gasteiger partial charge in [0, 0.05) is 13.0 Å². The van der Waals surface area contributed by atoms with E-state index in [1.165, 1.54) is 0 Å². The molecule has 0 aliphatic rings. The SMILES string of the molecule is CCCC(C)CC(CNC(=O)[C@H](C)N)CC(=O)O. The Morgan fingerprint density at radius 1 is 1.33 bits per heavy atom. The Balaban J connectivity index is 4.22. The summed E-state index contributed by atoms with van der Waals surface area (Å²) in [4.78, 5) is 22.2. The lowest BCUT2D eigenvalue weighted by molar-refractivity contribution is -0.138. The van der Waals surface area contributed by atoms with Crippen LogP contribution in [-0.4, -0.2) is 29.6 Å². The van der Waals surface area contributed by atoms with Crippen LogP contribution in [0.3, 0.4) is 0 Å². The summed E-state index contributed by atoms with van der Waals surface area (Å²) in [5, 5.41) is 11.6. The Morgan fingerprint density at radius 3 is 2.39 bits per heavy atom. The van der Waals surface area contributed by atoms with Crippen molar-refractivity contribution in [3.63, 3.8) is 0 Å². The number of hydrogen-bond acceptors (Lipinski definition) is 3. The number of nitrogens with two attached hydrogens (primary N) is 1. The van der Waals surface area contributed by atoms with Gasteiger partial charge in [-0.3, -0.25) is 9.59 Å². The molecule has 0 heterocycles. The molecule has 0 rings (SSSR count). The van der Waals surface area contributed by atoms with Gasteiger partial charge >= 0.3 is 5.97 Å². The summed E-state index contributed by atoms with van der Waals surface area (Å²) in [6.07, 6.45) is 3.08. The fourth-order valence-electron chi connectivity index (χ4n) is 2.07. The van der Waals surface area contributed by atoms with Crippen LogP contribution in [0.5, 0.6) is 0 Å². The van der Waals surface area contributed by atoms with Crippen LogP contribution in [0.15, 0.2) is 0 Å². The molecule has 0 aliphatic carbocycles. The highest BCUT2D eigenvalue weighted by molar-refractivity contribution is 5.81. The minimum atomic E-state index is -0.821. The van der Waals surface area contributed by atoms with Crippen molar-refractivity contribution in [3.8, 4) is 0 Å². The van der Waals surface area contributed by atoms with Crippen molar-refractivity contribution >= 4 is 11.9 Å². The van der Waals surface area contributed by atoms with Gasteiger partial charge in [-0.15, -0.1) is 0 Å². The van der Waals surface area contributed by atoms with Gasteiger partial charge in [0.25, 0.3) is 0 Å². The molecule has 0 aromatic rings. The first-order valence-corrected chi connectivity index (χ1v) is 6.61. The molecule has 2 unspecified atom stereocenters. The minimum Gasteiger partial charge on any atom is -0.481 e. The van der Waals surface area contributed by atoms with Crippen LogP contribution in [0, 0.1) is 11.8 Å². The molecular weight excluding hydrogens is 232 g/mol. The van der Waals surface area contributed by atoms with Gasteiger partial charge in [-0.05, 0) is 25.2 Å². The summed E-state index contributed by atoms with van der Waals surface area (Å²) < 4.78 is 0. The fourth-order valence-corrected chi connectivity index (χ4v) is 2.07. The summed E-state index contributed by atoms with van der Waals surface area (Å²) in [5.74, 6) is -0.592. The maximum atomic E-state index is 11.4. The molecule has 0 saturated carbocycles. The first-order chi connectivity index (χ1) is 8.36. The Bertz CT molecular complexity index is 267. The highest BCUT2D eigenvalue weighted by Crippen LogP contribution is 2.19. The third-order valence-electron chi connectivity index (χ3n) is 2.96. The average molecular weight is 258 g/mol. The topological polar surface area (TPSA) is 92.4 Å². The average Bonchev–Trinajstić information content (AvgIpc) is 2.24. The molecule has 3 atom stereocenters. The summed E-state index contributed by atoms with van der Waals surface area (Å²) in [5.41, 5.74) is 5.44. The number of rotatable bonds is 9. The summed E-state index contributed by atoms with van der Waals surface area (Å²) in [6.45, 7) is 6.23. The number of amides is 1. The summed E-state index contributed by atoms with van der Waals surface area (Å²) in [6, 6.07) is -0.552. The maximum Gasteiger partial charge on any atom is 0.303 e. The highest BCUT2D eigenvalue weighted by atomic mass is 16.4. The second-order valence-electron chi connectivity index (χ2n) is 5.13. The van der Waals surface area contributed by atoms with E-state index in [-0.39, 0.29) is 18.2 Å². The molecule has 0 aromatic carbocycles. The Kier molecular flexibility index (Phi) is 8.37. The van der Waals surface area contributed by atoms with Crippen molar-refractivity contribution < 1.29 is 14.7 Å². The van der Waals surface area contributed by atoms with E-state index in [9.17, 15) is 9.59 Å². The number of carbonyl (C=O) groups excluding carboxylic acids is 1. The van der Waals surface area contributed by atoms with Crippen molar-refractivity contribution in [1.29, 1.82) is 0 Å². The van der Waals surface area contributed by atoms with Crippen LogP contribution in [0.25, 0.3) is 0 Å². The second kappa shape index (κ2) is 8.91. The van der Waals surface area contributed by atoms with Gasteiger partial charge in [0.05, 0.1) is 6.04 Å². The molecule has 5 nitrogen and oxygen atoms in total. The first kappa shape index (κ1) is 16.9. The molecule has 0 aromatic heterocycles. The van der Waals surface area contributed by atoms with E-state index < -0.39 is 12.0 Å².